The van der Waals surface area contributed by atoms with Gasteiger partial charge in [-0.05, 0) is 37.8 Å². The van der Waals surface area contributed by atoms with E-state index in [1.54, 1.807) is 7.11 Å². The molecule has 0 radical (unpaired) electrons. The van der Waals surface area contributed by atoms with Crippen LogP contribution in [-0.2, 0) is 0 Å². The molecule has 0 bridgehead atoms. The molecule has 0 aromatic heterocycles. The largest absolute Gasteiger partial charge is 0.495 e. The molecule has 0 unspecified atom stereocenters. The molecule has 1 fully saturated rings. The van der Waals surface area contributed by atoms with Crippen LogP contribution in [-0.4, -0.2) is 55.1 Å². The van der Waals surface area contributed by atoms with Gasteiger partial charge in [-0.25, -0.2) is 0 Å². The molecule has 1 aromatic rings. The highest BCUT2D eigenvalue weighted by Gasteiger charge is 2.28. The zero-order valence-corrected chi connectivity index (χ0v) is 14.4. The van der Waals surface area contributed by atoms with E-state index in [0.29, 0.717) is 0 Å². The molecule has 1 atom stereocenters. The fourth-order valence-electron chi connectivity index (χ4n) is 3.73. The van der Waals surface area contributed by atoms with E-state index in [1.807, 2.05) is 12.1 Å². The molecule has 5 heteroatoms. The van der Waals surface area contributed by atoms with Crippen LogP contribution in [0, 0.1) is 0 Å². The minimum absolute atomic E-state index is 0.264. The molecule has 0 saturated carbocycles. The highest BCUT2D eigenvalue weighted by atomic mass is 16.5. The average Bonchev–Trinajstić information content (AvgIpc) is 2.62. The van der Waals surface area contributed by atoms with Gasteiger partial charge in [0.15, 0.2) is 0 Å². The number of anilines is 1. The number of ether oxygens (including phenoxy) is 1. The Balaban J connectivity index is 1.66. The van der Waals surface area contributed by atoms with Gasteiger partial charge in [0.25, 0.3) is 0 Å². The van der Waals surface area contributed by atoms with Crippen LogP contribution in [0.5, 0.6) is 5.75 Å². The number of methoxy groups -OCH3 is 1. The summed E-state index contributed by atoms with van der Waals surface area (Å²) in [6, 6.07) is 8.46. The topological polar surface area (TPSA) is 48.3 Å². The van der Waals surface area contributed by atoms with Crippen molar-refractivity contribution in [3.8, 4) is 5.75 Å². The molecule has 3 rings (SSSR count). The fourth-order valence-corrected chi connectivity index (χ4v) is 3.73. The fraction of sp³-hybridized carbons (Fsp3) is 0.526. The van der Waals surface area contributed by atoms with Crippen molar-refractivity contribution in [1.82, 2.24) is 4.90 Å². The number of benzene rings is 1. The quantitative estimate of drug-likeness (QED) is 0.526. The lowest BCUT2D eigenvalue weighted by atomic mass is 9.96. The SMILES string of the molecule is COc1ccccc1N1CCN([C@H]2CCC=CCC/C2=N/O)CC1. The second-order valence-electron chi connectivity index (χ2n) is 6.39. The first-order valence-corrected chi connectivity index (χ1v) is 8.81. The first kappa shape index (κ1) is 16.8. The molecule has 0 amide bonds. The maximum atomic E-state index is 9.42. The smallest absolute Gasteiger partial charge is 0.142 e. The van der Waals surface area contributed by atoms with E-state index in [-0.39, 0.29) is 6.04 Å². The van der Waals surface area contributed by atoms with Crippen molar-refractivity contribution in [3.63, 3.8) is 0 Å². The van der Waals surface area contributed by atoms with Crippen molar-refractivity contribution in [2.45, 2.75) is 31.7 Å². The van der Waals surface area contributed by atoms with Crippen LogP contribution in [0.25, 0.3) is 0 Å². The van der Waals surface area contributed by atoms with Crippen molar-refractivity contribution in [1.29, 1.82) is 0 Å². The summed E-state index contributed by atoms with van der Waals surface area (Å²) in [7, 11) is 1.72. The van der Waals surface area contributed by atoms with Crippen LogP contribution in [0.4, 0.5) is 5.69 Å². The predicted molar refractivity (Wildman–Crippen MR) is 97.4 cm³/mol. The van der Waals surface area contributed by atoms with E-state index in [2.05, 4.69) is 39.2 Å². The van der Waals surface area contributed by atoms with Gasteiger partial charge in [0.05, 0.1) is 24.6 Å². The second-order valence-corrected chi connectivity index (χ2v) is 6.39. The number of rotatable bonds is 3. The summed E-state index contributed by atoms with van der Waals surface area (Å²) in [6.45, 7) is 3.88. The third kappa shape index (κ3) is 3.73. The minimum Gasteiger partial charge on any atom is -0.495 e. The summed E-state index contributed by atoms with van der Waals surface area (Å²) in [6.07, 6.45) is 8.36. The maximum absolute atomic E-state index is 9.42. The molecular weight excluding hydrogens is 302 g/mol. The van der Waals surface area contributed by atoms with Gasteiger partial charge in [0.2, 0.25) is 0 Å². The Morgan fingerprint density at radius 3 is 2.58 bits per heavy atom. The van der Waals surface area contributed by atoms with Crippen molar-refractivity contribution < 1.29 is 9.94 Å². The number of hydrogen-bond acceptors (Lipinski definition) is 5. The monoisotopic (exact) mass is 329 g/mol. The van der Waals surface area contributed by atoms with Crippen LogP contribution < -0.4 is 9.64 Å². The van der Waals surface area contributed by atoms with Crippen molar-refractivity contribution in [3.05, 3.63) is 36.4 Å². The lowest BCUT2D eigenvalue weighted by molar-refractivity contribution is 0.211. The second kappa shape index (κ2) is 8.20. The van der Waals surface area contributed by atoms with E-state index < -0.39 is 0 Å². The standard InChI is InChI=1S/C19H27N3O2/c1-24-19-11-7-6-10-18(19)22-14-12-21(13-15-22)17-9-5-3-2-4-8-16(17)20-23/h2-3,6-7,10-11,17,23H,4-5,8-9,12-15H2,1H3/b3-2?,20-16-/t17-/m0/s1. The Labute approximate surface area is 144 Å². The highest BCUT2D eigenvalue weighted by molar-refractivity contribution is 5.89. The van der Waals surface area contributed by atoms with Gasteiger partial charge in [-0.2, -0.15) is 0 Å². The Morgan fingerprint density at radius 1 is 1.08 bits per heavy atom. The molecule has 1 aliphatic heterocycles. The van der Waals surface area contributed by atoms with Gasteiger partial charge in [-0.15, -0.1) is 0 Å². The van der Waals surface area contributed by atoms with Crippen LogP contribution >= 0.6 is 0 Å². The Bertz CT molecular complexity index is 592. The van der Waals surface area contributed by atoms with Gasteiger partial charge in [0.1, 0.15) is 5.75 Å². The zero-order valence-electron chi connectivity index (χ0n) is 14.4. The number of oxime groups is 1. The van der Waals surface area contributed by atoms with E-state index >= 15 is 0 Å². The number of allylic oxidation sites excluding steroid dienone is 2. The molecule has 1 N–H and O–H groups in total. The molecule has 1 aromatic carbocycles. The average molecular weight is 329 g/mol. The molecule has 24 heavy (non-hydrogen) atoms. The summed E-state index contributed by atoms with van der Waals surface area (Å²) < 4.78 is 5.49. The molecular formula is C19H27N3O2. The molecule has 0 spiro atoms. The Hall–Kier alpha value is -2.01. The molecule has 130 valence electrons. The molecule has 1 heterocycles. The normalized spacial score (nSPS) is 24.6. The third-order valence-corrected chi connectivity index (χ3v) is 5.03. The first-order chi connectivity index (χ1) is 11.8. The molecule has 5 nitrogen and oxygen atoms in total. The molecule has 1 aliphatic carbocycles. The zero-order chi connectivity index (χ0) is 16.8. The van der Waals surface area contributed by atoms with Gasteiger partial charge >= 0.3 is 0 Å². The van der Waals surface area contributed by atoms with E-state index in [0.717, 1.165) is 69.0 Å². The van der Waals surface area contributed by atoms with Gasteiger partial charge < -0.3 is 14.8 Å². The minimum atomic E-state index is 0.264. The van der Waals surface area contributed by atoms with Gasteiger partial charge in [0, 0.05) is 26.2 Å². The number of nitrogens with zero attached hydrogens (tertiary/aromatic N) is 3. The maximum Gasteiger partial charge on any atom is 0.142 e. The van der Waals surface area contributed by atoms with Gasteiger partial charge in [-0.1, -0.05) is 29.4 Å². The molecule has 1 saturated heterocycles. The predicted octanol–water partition coefficient (Wildman–Crippen LogP) is 3.15. The Morgan fingerprint density at radius 2 is 1.83 bits per heavy atom. The Kier molecular flexibility index (Phi) is 5.75. The summed E-state index contributed by atoms with van der Waals surface area (Å²) in [5.74, 6) is 0.930. The van der Waals surface area contributed by atoms with E-state index in [4.69, 9.17) is 4.74 Å². The first-order valence-electron chi connectivity index (χ1n) is 8.81. The summed E-state index contributed by atoms with van der Waals surface area (Å²) >= 11 is 0. The highest BCUT2D eigenvalue weighted by Crippen LogP contribution is 2.29. The van der Waals surface area contributed by atoms with E-state index in [1.165, 1.54) is 0 Å². The van der Waals surface area contributed by atoms with Crippen LogP contribution in [0.1, 0.15) is 25.7 Å². The van der Waals surface area contributed by atoms with Gasteiger partial charge in [-0.3, -0.25) is 4.90 Å². The lowest BCUT2D eigenvalue weighted by Gasteiger charge is -2.41. The van der Waals surface area contributed by atoms with Crippen LogP contribution in [0.2, 0.25) is 0 Å². The molecule has 2 aliphatic rings. The third-order valence-electron chi connectivity index (χ3n) is 5.03. The number of hydrogen-bond donors (Lipinski definition) is 1. The van der Waals surface area contributed by atoms with Crippen molar-refractivity contribution in [2.24, 2.45) is 5.16 Å². The number of para-hydroxylation sites is 2. The number of piperazine rings is 1. The summed E-state index contributed by atoms with van der Waals surface area (Å²) in [5.41, 5.74) is 2.10. The van der Waals surface area contributed by atoms with Crippen molar-refractivity contribution >= 4 is 11.4 Å². The lowest BCUT2D eigenvalue weighted by Crippen LogP contribution is -2.53. The summed E-state index contributed by atoms with van der Waals surface area (Å²) in [5, 5.41) is 13.0. The van der Waals surface area contributed by atoms with Crippen LogP contribution in [0.3, 0.4) is 0 Å². The van der Waals surface area contributed by atoms with E-state index in [9.17, 15) is 5.21 Å². The summed E-state index contributed by atoms with van der Waals surface area (Å²) in [4.78, 5) is 4.86. The van der Waals surface area contributed by atoms with Crippen LogP contribution in [0.15, 0.2) is 41.6 Å². The van der Waals surface area contributed by atoms with Crippen molar-refractivity contribution in [2.75, 3.05) is 38.2 Å².